The first-order chi connectivity index (χ1) is 14.0. The third-order valence-corrected chi connectivity index (χ3v) is 5.59. The van der Waals surface area contributed by atoms with Crippen LogP contribution in [0.2, 0.25) is 5.02 Å². The Kier molecular flexibility index (Phi) is 7.17. The number of methoxy groups -OCH3 is 1. The average Bonchev–Trinajstić information content (AvgIpc) is 3.54. The normalized spacial score (nSPS) is 12.9. The fourth-order valence-electron chi connectivity index (χ4n) is 2.53. The largest absolute Gasteiger partial charge is 0.495 e. The van der Waals surface area contributed by atoms with Crippen LogP contribution in [0.4, 0.5) is 0 Å². The molecule has 0 aliphatic heterocycles. The van der Waals surface area contributed by atoms with Gasteiger partial charge in [-0.25, -0.2) is 4.79 Å². The lowest BCUT2D eigenvalue weighted by molar-refractivity contribution is -0.118. The SMILES string of the molecule is COc1ccc(C(=O)COC(=O)c2ccccc2SCC(=O)NC2CC2)cc1Cl. The Morgan fingerprint density at radius 1 is 1.17 bits per heavy atom. The van der Waals surface area contributed by atoms with E-state index in [0.717, 1.165) is 12.8 Å². The summed E-state index contributed by atoms with van der Waals surface area (Å²) >= 11 is 7.29. The van der Waals surface area contributed by atoms with Crippen LogP contribution in [0, 0.1) is 0 Å². The first kappa shape index (κ1) is 21.2. The van der Waals surface area contributed by atoms with Gasteiger partial charge in [0.2, 0.25) is 5.91 Å². The van der Waals surface area contributed by atoms with Gasteiger partial charge in [0.05, 0.1) is 23.4 Å². The van der Waals surface area contributed by atoms with Crippen molar-refractivity contribution in [3.8, 4) is 5.75 Å². The molecule has 1 amide bonds. The number of hydrogen-bond donors (Lipinski definition) is 1. The molecule has 1 N–H and O–H groups in total. The Morgan fingerprint density at radius 3 is 2.62 bits per heavy atom. The molecule has 6 nitrogen and oxygen atoms in total. The van der Waals surface area contributed by atoms with Gasteiger partial charge in [-0.3, -0.25) is 9.59 Å². The van der Waals surface area contributed by atoms with E-state index in [4.69, 9.17) is 21.1 Å². The molecule has 0 unspecified atom stereocenters. The topological polar surface area (TPSA) is 81.7 Å². The van der Waals surface area contributed by atoms with Crippen molar-refractivity contribution in [1.82, 2.24) is 5.32 Å². The van der Waals surface area contributed by atoms with Crippen LogP contribution in [0.1, 0.15) is 33.6 Å². The Hall–Kier alpha value is -2.51. The Balaban J connectivity index is 1.58. The molecule has 0 radical (unpaired) electrons. The number of rotatable bonds is 9. The standard InChI is InChI=1S/C21H20ClNO5S/c1-27-18-9-6-13(10-16(18)22)17(24)11-28-21(26)15-4-2-3-5-19(15)29-12-20(25)23-14-7-8-14/h2-6,9-10,14H,7-8,11-12H2,1H3,(H,23,25). The van der Waals surface area contributed by atoms with E-state index in [0.29, 0.717) is 32.8 Å². The molecule has 152 valence electrons. The summed E-state index contributed by atoms with van der Waals surface area (Å²) in [5, 5.41) is 3.21. The van der Waals surface area contributed by atoms with Crippen LogP contribution in [0.5, 0.6) is 5.75 Å². The van der Waals surface area contributed by atoms with Crippen molar-refractivity contribution in [2.45, 2.75) is 23.8 Å². The number of esters is 1. The second-order valence-electron chi connectivity index (χ2n) is 6.48. The van der Waals surface area contributed by atoms with E-state index in [1.807, 2.05) is 0 Å². The lowest BCUT2D eigenvalue weighted by Crippen LogP contribution is -2.27. The van der Waals surface area contributed by atoms with Crippen molar-refractivity contribution < 1.29 is 23.9 Å². The summed E-state index contributed by atoms with van der Waals surface area (Å²) in [4.78, 5) is 37.3. The Bertz CT molecular complexity index is 929. The predicted octanol–water partition coefficient (Wildman–Crippen LogP) is 3.76. The van der Waals surface area contributed by atoms with Crippen LogP contribution in [0.25, 0.3) is 0 Å². The van der Waals surface area contributed by atoms with Gasteiger partial charge in [-0.1, -0.05) is 23.7 Å². The first-order valence-corrected chi connectivity index (χ1v) is 10.4. The molecule has 1 aliphatic carbocycles. The lowest BCUT2D eigenvalue weighted by Gasteiger charge is -2.10. The predicted molar refractivity (Wildman–Crippen MR) is 111 cm³/mol. The number of nitrogens with one attached hydrogen (secondary N) is 1. The van der Waals surface area contributed by atoms with Gasteiger partial charge in [-0.15, -0.1) is 11.8 Å². The number of hydrogen-bond acceptors (Lipinski definition) is 6. The molecular weight excluding hydrogens is 414 g/mol. The molecule has 0 spiro atoms. The zero-order chi connectivity index (χ0) is 20.8. The number of carbonyl (C=O) groups excluding carboxylic acids is 3. The smallest absolute Gasteiger partial charge is 0.339 e. The van der Waals surface area contributed by atoms with Crippen molar-refractivity contribution in [2.75, 3.05) is 19.5 Å². The number of ether oxygens (including phenoxy) is 2. The van der Waals surface area contributed by atoms with Crippen molar-refractivity contribution in [1.29, 1.82) is 0 Å². The molecule has 1 fully saturated rings. The van der Waals surface area contributed by atoms with E-state index in [1.54, 1.807) is 36.4 Å². The lowest BCUT2D eigenvalue weighted by atomic mass is 10.1. The van der Waals surface area contributed by atoms with Crippen LogP contribution in [0.3, 0.4) is 0 Å². The molecule has 2 aromatic rings. The van der Waals surface area contributed by atoms with Crippen LogP contribution >= 0.6 is 23.4 Å². The maximum Gasteiger partial charge on any atom is 0.339 e. The van der Waals surface area contributed by atoms with Gasteiger partial charge in [-0.2, -0.15) is 0 Å². The van der Waals surface area contributed by atoms with E-state index in [9.17, 15) is 14.4 Å². The number of carbonyl (C=O) groups is 3. The van der Waals surface area contributed by atoms with Gasteiger partial charge >= 0.3 is 5.97 Å². The van der Waals surface area contributed by atoms with Gasteiger partial charge in [0.1, 0.15) is 5.75 Å². The minimum atomic E-state index is -0.622. The highest BCUT2D eigenvalue weighted by molar-refractivity contribution is 8.00. The zero-order valence-electron chi connectivity index (χ0n) is 15.8. The molecule has 1 aliphatic rings. The number of halogens is 1. The number of ketones is 1. The quantitative estimate of drug-likeness (QED) is 0.368. The summed E-state index contributed by atoms with van der Waals surface area (Å²) in [6.45, 7) is -0.414. The summed E-state index contributed by atoms with van der Waals surface area (Å²) < 4.78 is 10.2. The number of benzene rings is 2. The van der Waals surface area contributed by atoms with E-state index in [2.05, 4.69) is 5.32 Å². The van der Waals surface area contributed by atoms with Crippen molar-refractivity contribution in [3.63, 3.8) is 0 Å². The second kappa shape index (κ2) is 9.80. The number of Topliss-reactive ketones (excluding diaryl/α,β-unsaturated/α-hetero) is 1. The van der Waals surface area contributed by atoms with Crippen molar-refractivity contribution in [2.24, 2.45) is 0 Å². The molecule has 29 heavy (non-hydrogen) atoms. The first-order valence-electron chi connectivity index (χ1n) is 9.03. The van der Waals surface area contributed by atoms with Crippen molar-refractivity contribution in [3.05, 3.63) is 58.6 Å². The van der Waals surface area contributed by atoms with E-state index < -0.39 is 12.6 Å². The summed E-state index contributed by atoms with van der Waals surface area (Å²) in [6, 6.07) is 11.7. The highest BCUT2D eigenvalue weighted by atomic mass is 35.5. The van der Waals surface area contributed by atoms with E-state index in [1.165, 1.54) is 24.9 Å². The van der Waals surface area contributed by atoms with Gasteiger partial charge in [0.25, 0.3) is 0 Å². The van der Waals surface area contributed by atoms with E-state index in [-0.39, 0.29) is 17.4 Å². The molecule has 0 saturated heterocycles. The fourth-order valence-corrected chi connectivity index (χ4v) is 3.64. The zero-order valence-corrected chi connectivity index (χ0v) is 17.3. The summed E-state index contributed by atoms with van der Waals surface area (Å²) in [6.07, 6.45) is 2.04. The molecule has 3 rings (SSSR count). The van der Waals surface area contributed by atoms with Gasteiger partial charge < -0.3 is 14.8 Å². The monoisotopic (exact) mass is 433 g/mol. The minimum Gasteiger partial charge on any atom is -0.495 e. The molecule has 2 aromatic carbocycles. The van der Waals surface area contributed by atoms with Crippen LogP contribution in [-0.4, -0.2) is 43.2 Å². The molecule has 0 aromatic heterocycles. The highest BCUT2D eigenvalue weighted by Gasteiger charge is 2.23. The maximum absolute atomic E-state index is 12.5. The average molecular weight is 434 g/mol. The third-order valence-electron chi connectivity index (χ3n) is 4.22. The summed E-state index contributed by atoms with van der Waals surface area (Å²) in [5.74, 6) is -0.394. The molecular formula is C21H20ClNO5S. The summed E-state index contributed by atoms with van der Waals surface area (Å²) in [7, 11) is 1.48. The van der Waals surface area contributed by atoms with Gasteiger partial charge in [-0.05, 0) is 43.2 Å². The van der Waals surface area contributed by atoms with Gasteiger partial charge in [0, 0.05) is 16.5 Å². The highest BCUT2D eigenvalue weighted by Crippen LogP contribution is 2.26. The van der Waals surface area contributed by atoms with Crippen molar-refractivity contribution >= 4 is 41.0 Å². The fraction of sp³-hybridized carbons (Fsp3) is 0.286. The van der Waals surface area contributed by atoms with Crippen LogP contribution in [0.15, 0.2) is 47.4 Å². The summed E-state index contributed by atoms with van der Waals surface area (Å²) in [5.41, 5.74) is 0.639. The van der Waals surface area contributed by atoms with Gasteiger partial charge in [0.15, 0.2) is 12.4 Å². The molecule has 8 heteroatoms. The third kappa shape index (κ3) is 5.98. The number of amides is 1. The number of thioether (sulfide) groups is 1. The molecule has 0 bridgehead atoms. The minimum absolute atomic E-state index is 0.0627. The second-order valence-corrected chi connectivity index (χ2v) is 7.90. The van der Waals surface area contributed by atoms with Crippen LogP contribution < -0.4 is 10.1 Å². The van der Waals surface area contributed by atoms with E-state index >= 15 is 0 Å². The Labute approximate surface area is 177 Å². The molecule has 1 saturated carbocycles. The maximum atomic E-state index is 12.5. The molecule has 0 heterocycles. The Morgan fingerprint density at radius 2 is 1.93 bits per heavy atom. The molecule has 0 atom stereocenters. The van der Waals surface area contributed by atoms with Crippen LogP contribution in [-0.2, 0) is 9.53 Å².